The smallest absolute Gasteiger partial charge is 0.331 e. The number of nitrogens with zero attached hydrogens (tertiary/aromatic N) is 2. The van der Waals surface area contributed by atoms with Crippen molar-refractivity contribution in [1.82, 2.24) is 9.34 Å². The van der Waals surface area contributed by atoms with Crippen molar-refractivity contribution in [2.24, 2.45) is 0 Å². The minimum atomic E-state index is -4.54. The lowest BCUT2D eigenvalue weighted by atomic mass is 9.91. The largest absolute Gasteiger partial charge is 0.416 e. The van der Waals surface area contributed by atoms with E-state index in [0.717, 1.165) is 29.8 Å². The van der Waals surface area contributed by atoms with Gasteiger partial charge in [-0.2, -0.15) is 26.3 Å². The van der Waals surface area contributed by atoms with Gasteiger partial charge in [0.2, 0.25) is 0 Å². The van der Waals surface area contributed by atoms with Crippen molar-refractivity contribution >= 4 is 8.45 Å². The number of halogens is 6. The first-order valence-electron chi connectivity index (χ1n) is 11.7. The van der Waals surface area contributed by atoms with Crippen molar-refractivity contribution in [3.8, 4) is 0 Å². The molecule has 1 heterocycles. The molecule has 4 rings (SSSR count). The van der Waals surface area contributed by atoms with Gasteiger partial charge in [-0.05, 0) is 55.1 Å². The van der Waals surface area contributed by atoms with E-state index in [2.05, 4.69) is 0 Å². The summed E-state index contributed by atoms with van der Waals surface area (Å²) in [5.74, 6) is 0.0464. The van der Waals surface area contributed by atoms with Gasteiger partial charge in [-0.15, -0.1) is 0 Å². The third kappa shape index (κ3) is 6.01. The average molecular weight is 540 g/mol. The molecular formula is C27H27F6N2OP. The lowest BCUT2D eigenvalue weighted by Gasteiger charge is -2.27. The Morgan fingerprint density at radius 1 is 0.730 bits per heavy atom. The molecule has 0 amide bonds. The van der Waals surface area contributed by atoms with Crippen LogP contribution < -0.4 is 0 Å². The van der Waals surface area contributed by atoms with Gasteiger partial charge in [0.15, 0.2) is 8.45 Å². The van der Waals surface area contributed by atoms with Crippen LogP contribution in [0.4, 0.5) is 26.3 Å². The fourth-order valence-electron chi connectivity index (χ4n) is 4.68. The number of alkyl halides is 6. The Morgan fingerprint density at radius 2 is 1.19 bits per heavy atom. The van der Waals surface area contributed by atoms with Gasteiger partial charge in [-0.25, -0.2) is 9.34 Å². The van der Waals surface area contributed by atoms with E-state index in [1.54, 1.807) is 26.2 Å². The molecule has 10 heteroatoms. The normalized spacial score (nSPS) is 20.9. The van der Waals surface area contributed by atoms with Crippen LogP contribution in [0, 0.1) is 0 Å². The number of likely N-dealkylation sites (N-methyl/N-ethyl adjacent to an activating group) is 2. The molecule has 0 aromatic heterocycles. The molecule has 1 unspecified atom stereocenters. The molecule has 3 atom stereocenters. The summed E-state index contributed by atoms with van der Waals surface area (Å²) in [5.41, 5.74) is 0.177. The van der Waals surface area contributed by atoms with E-state index in [9.17, 15) is 26.3 Å². The van der Waals surface area contributed by atoms with Gasteiger partial charge in [0.25, 0.3) is 0 Å². The lowest BCUT2D eigenvalue weighted by Crippen LogP contribution is -2.22. The zero-order chi connectivity index (χ0) is 27.0. The quantitative estimate of drug-likeness (QED) is 0.231. The summed E-state index contributed by atoms with van der Waals surface area (Å²) in [6, 6.07) is 18.4. The highest BCUT2D eigenvalue weighted by molar-refractivity contribution is 7.47. The fourth-order valence-corrected chi connectivity index (χ4v) is 6.79. The van der Waals surface area contributed by atoms with Crippen molar-refractivity contribution in [2.45, 2.75) is 37.3 Å². The van der Waals surface area contributed by atoms with Gasteiger partial charge in [0.1, 0.15) is 0 Å². The van der Waals surface area contributed by atoms with E-state index in [1.807, 2.05) is 46.6 Å². The second-order valence-electron chi connectivity index (χ2n) is 9.14. The molecular weight excluding hydrogens is 513 g/mol. The number of rotatable bonds is 6. The zero-order valence-electron chi connectivity index (χ0n) is 20.5. The molecule has 198 valence electrons. The molecule has 0 saturated carbocycles. The molecule has 3 nitrogen and oxygen atoms in total. The maximum atomic E-state index is 13.5. The minimum absolute atomic E-state index is 0.0464. The van der Waals surface area contributed by atoms with Crippen LogP contribution in [0.2, 0.25) is 0 Å². The molecule has 0 radical (unpaired) electrons. The van der Waals surface area contributed by atoms with Crippen LogP contribution in [-0.4, -0.2) is 30.0 Å². The van der Waals surface area contributed by atoms with E-state index in [4.69, 9.17) is 4.52 Å². The molecule has 3 aromatic carbocycles. The third-order valence-electron chi connectivity index (χ3n) is 6.56. The first kappa shape index (κ1) is 27.6. The molecule has 0 aliphatic carbocycles. The first-order chi connectivity index (χ1) is 17.4. The molecule has 0 N–H and O–H groups in total. The van der Waals surface area contributed by atoms with Crippen LogP contribution >= 0.6 is 8.45 Å². The van der Waals surface area contributed by atoms with Crippen molar-refractivity contribution in [3.63, 3.8) is 0 Å². The van der Waals surface area contributed by atoms with Gasteiger partial charge in [0.05, 0.1) is 29.8 Å². The van der Waals surface area contributed by atoms with Crippen molar-refractivity contribution in [1.29, 1.82) is 0 Å². The second-order valence-corrected chi connectivity index (χ2v) is 11.2. The van der Waals surface area contributed by atoms with Gasteiger partial charge in [0, 0.05) is 5.92 Å². The van der Waals surface area contributed by atoms with E-state index in [0.29, 0.717) is 17.7 Å². The van der Waals surface area contributed by atoms with Crippen molar-refractivity contribution in [2.75, 3.05) is 20.7 Å². The predicted octanol–water partition coefficient (Wildman–Crippen LogP) is 8.43. The average Bonchev–Trinajstić information content (AvgIpc) is 3.11. The third-order valence-corrected chi connectivity index (χ3v) is 8.52. The van der Waals surface area contributed by atoms with Gasteiger partial charge in [-0.1, -0.05) is 61.5 Å². The summed E-state index contributed by atoms with van der Waals surface area (Å²) in [7, 11) is 2.00. The highest BCUT2D eigenvalue weighted by Crippen LogP contribution is 2.63. The Kier molecular flexibility index (Phi) is 8.00. The molecule has 1 aliphatic heterocycles. The number of benzene rings is 3. The van der Waals surface area contributed by atoms with Gasteiger partial charge >= 0.3 is 12.4 Å². The Bertz CT molecular complexity index is 1130. The Labute approximate surface area is 213 Å². The zero-order valence-corrected chi connectivity index (χ0v) is 21.4. The first-order valence-corrected chi connectivity index (χ1v) is 12.8. The monoisotopic (exact) mass is 540 g/mol. The fraction of sp³-hybridized carbons (Fsp3) is 0.333. The lowest BCUT2D eigenvalue weighted by molar-refractivity contribution is -0.138. The highest BCUT2D eigenvalue weighted by Gasteiger charge is 2.47. The van der Waals surface area contributed by atoms with E-state index in [-0.39, 0.29) is 5.92 Å². The van der Waals surface area contributed by atoms with E-state index in [1.165, 1.54) is 12.1 Å². The summed E-state index contributed by atoms with van der Waals surface area (Å²) < 4.78 is 91.1. The summed E-state index contributed by atoms with van der Waals surface area (Å²) in [6.45, 7) is 2.35. The molecule has 0 spiro atoms. The Hall–Kier alpha value is -2.45. The molecule has 3 aromatic rings. The standard InChI is InChI=1S/C27H27F6N2OP/c1-18(19-9-5-4-6-10-19)17-36-37-34(2)24(20-11-7-13-22(15-20)26(28,29)30)25(35(37)3)21-12-8-14-23(16-21)27(31,32)33/h4-16,18,24-25H,17H2,1-3H3/t18?,24-,25-/m1/s1. The van der Waals surface area contributed by atoms with Crippen LogP contribution in [0.1, 0.15) is 52.7 Å². The van der Waals surface area contributed by atoms with Crippen LogP contribution in [0.5, 0.6) is 0 Å². The molecule has 1 saturated heterocycles. The van der Waals surface area contributed by atoms with Gasteiger partial charge < -0.3 is 4.52 Å². The summed E-state index contributed by atoms with van der Waals surface area (Å²) in [6.07, 6.45) is -9.09. The molecule has 1 aliphatic rings. The number of hydrogen-bond acceptors (Lipinski definition) is 3. The summed E-state index contributed by atoms with van der Waals surface area (Å²) in [4.78, 5) is 0. The molecule has 37 heavy (non-hydrogen) atoms. The van der Waals surface area contributed by atoms with Crippen LogP contribution in [-0.2, 0) is 16.9 Å². The maximum absolute atomic E-state index is 13.5. The van der Waals surface area contributed by atoms with Crippen LogP contribution in [0.3, 0.4) is 0 Å². The van der Waals surface area contributed by atoms with Crippen molar-refractivity contribution < 1.29 is 30.9 Å². The Balaban J connectivity index is 1.71. The second kappa shape index (κ2) is 10.7. The van der Waals surface area contributed by atoms with Gasteiger partial charge in [-0.3, -0.25) is 0 Å². The van der Waals surface area contributed by atoms with E-state index >= 15 is 0 Å². The summed E-state index contributed by atoms with van der Waals surface area (Å²) in [5, 5.41) is 0. The molecule has 1 fully saturated rings. The maximum Gasteiger partial charge on any atom is 0.416 e. The predicted molar refractivity (Wildman–Crippen MR) is 132 cm³/mol. The number of hydrogen-bond donors (Lipinski definition) is 0. The van der Waals surface area contributed by atoms with Crippen LogP contribution in [0.15, 0.2) is 78.9 Å². The Morgan fingerprint density at radius 3 is 1.62 bits per heavy atom. The molecule has 0 bridgehead atoms. The highest BCUT2D eigenvalue weighted by atomic mass is 31.2. The minimum Gasteiger partial charge on any atom is -0.331 e. The topological polar surface area (TPSA) is 15.7 Å². The van der Waals surface area contributed by atoms with E-state index < -0.39 is 44.0 Å². The van der Waals surface area contributed by atoms with Crippen LogP contribution in [0.25, 0.3) is 0 Å². The SMILES string of the molecule is CC(COP1N(C)[C@H](c2cccc(C(F)(F)F)c2)[C@@H](c2cccc(C(F)(F)F)c2)N1C)c1ccccc1. The van der Waals surface area contributed by atoms with Crippen molar-refractivity contribution in [3.05, 3.63) is 107 Å². The summed E-state index contributed by atoms with van der Waals surface area (Å²) >= 11 is 0.